The number of hydrogen-bond donors (Lipinski definition) is 2. The topological polar surface area (TPSA) is 60.0 Å². The minimum atomic E-state index is 0. The molecule has 0 spiro atoms. The van der Waals surface area contributed by atoms with Crippen LogP contribution in [-0.2, 0) is 11.3 Å². The van der Waals surface area contributed by atoms with Gasteiger partial charge in [0.1, 0.15) is 0 Å². The molecule has 1 aliphatic carbocycles. The fourth-order valence-electron chi connectivity index (χ4n) is 4.09. The van der Waals surface area contributed by atoms with Crippen LogP contribution in [0.3, 0.4) is 0 Å². The zero-order valence-corrected chi connectivity index (χ0v) is 20.2. The third-order valence-electron chi connectivity index (χ3n) is 5.79. The number of amides is 1. The molecule has 6 nitrogen and oxygen atoms in total. The summed E-state index contributed by atoms with van der Waals surface area (Å²) in [6, 6.07) is 8.96. The molecular weight excluding hydrogens is 477 g/mol. The molecule has 0 unspecified atom stereocenters. The molecule has 2 aliphatic rings. The molecule has 1 aromatic rings. The van der Waals surface area contributed by atoms with Crippen LogP contribution < -0.4 is 15.5 Å². The van der Waals surface area contributed by atoms with Gasteiger partial charge in [0.15, 0.2) is 5.96 Å². The lowest BCUT2D eigenvalue weighted by atomic mass is 10.2. The Hall–Kier alpha value is -1.35. The predicted molar refractivity (Wildman–Crippen MR) is 131 cm³/mol. The van der Waals surface area contributed by atoms with Crippen molar-refractivity contribution in [2.24, 2.45) is 4.99 Å². The Balaban J connectivity index is 0.00000300. The number of hydrogen-bond acceptors (Lipinski definition) is 3. The summed E-state index contributed by atoms with van der Waals surface area (Å²) in [7, 11) is 2.23. The molecule has 1 heterocycles. The van der Waals surface area contributed by atoms with Crippen molar-refractivity contribution in [3.8, 4) is 0 Å². The van der Waals surface area contributed by atoms with Crippen LogP contribution in [0.2, 0.25) is 0 Å². The third-order valence-corrected chi connectivity index (χ3v) is 5.79. The molecule has 29 heavy (non-hydrogen) atoms. The maximum Gasteiger partial charge on any atom is 0.227 e. The second kappa shape index (κ2) is 12.4. The minimum absolute atomic E-state index is 0. The summed E-state index contributed by atoms with van der Waals surface area (Å²) in [6.45, 7) is 6.33. The lowest BCUT2D eigenvalue weighted by Gasteiger charge is -2.24. The Morgan fingerprint density at radius 3 is 2.52 bits per heavy atom. The highest BCUT2D eigenvalue weighted by molar-refractivity contribution is 14.0. The molecule has 1 saturated heterocycles. The van der Waals surface area contributed by atoms with Crippen LogP contribution >= 0.6 is 24.0 Å². The predicted octanol–water partition coefficient (Wildman–Crippen LogP) is 3.36. The van der Waals surface area contributed by atoms with Crippen LogP contribution in [0.5, 0.6) is 0 Å². The van der Waals surface area contributed by atoms with E-state index in [0.717, 1.165) is 55.9 Å². The fraction of sp³-hybridized carbons (Fsp3) is 0.636. The third kappa shape index (κ3) is 7.13. The Morgan fingerprint density at radius 2 is 1.90 bits per heavy atom. The standard InChI is InChI=1S/C22H35N5O.HI/c1-3-23-22(24-14-16-26(2)19-7-4-5-8-19)25-17-18-10-12-20(13-11-18)27-15-6-9-21(27)28;/h10-13,19H,3-9,14-17H2,1-2H3,(H2,23,24,25);1H. The van der Waals surface area contributed by atoms with Crippen molar-refractivity contribution in [1.82, 2.24) is 15.5 Å². The Kier molecular flexibility index (Phi) is 10.2. The smallest absolute Gasteiger partial charge is 0.227 e. The zero-order valence-electron chi connectivity index (χ0n) is 17.8. The van der Waals surface area contributed by atoms with E-state index < -0.39 is 0 Å². The molecule has 7 heteroatoms. The first-order valence-electron chi connectivity index (χ1n) is 10.8. The molecule has 1 aliphatic heterocycles. The number of halogens is 1. The molecule has 1 aromatic carbocycles. The Labute approximate surface area is 192 Å². The number of nitrogens with one attached hydrogen (secondary N) is 2. The summed E-state index contributed by atoms with van der Waals surface area (Å²) in [5.74, 6) is 1.09. The minimum Gasteiger partial charge on any atom is -0.357 e. The van der Waals surface area contributed by atoms with E-state index in [1.807, 2.05) is 17.0 Å². The first-order chi connectivity index (χ1) is 13.7. The van der Waals surface area contributed by atoms with Gasteiger partial charge in [-0.25, -0.2) is 4.99 Å². The zero-order chi connectivity index (χ0) is 19.8. The Morgan fingerprint density at radius 1 is 1.17 bits per heavy atom. The van der Waals surface area contributed by atoms with Crippen molar-refractivity contribution in [1.29, 1.82) is 0 Å². The molecule has 0 atom stereocenters. The van der Waals surface area contributed by atoms with Crippen molar-refractivity contribution in [2.45, 2.75) is 58.0 Å². The number of rotatable bonds is 8. The van der Waals surface area contributed by atoms with Gasteiger partial charge in [-0.05, 0) is 50.9 Å². The van der Waals surface area contributed by atoms with Gasteiger partial charge in [0.05, 0.1) is 6.54 Å². The van der Waals surface area contributed by atoms with Crippen LogP contribution in [0.25, 0.3) is 0 Å². The molecule has 0 aromatic heterocycles. The lowest BCUT2D eigenvalue weighted by Crippen LogP contribution is -2.42. The summed E-state index contributed by atoms with van der Waals surface area (Å²) in [5.41, 5.74) is 2.14. The second-order valence-electron chi connectivity index (χ2n) is 7.86. The average Bonchev–Trinajstić information content (AvgIpc) is 3.38. The number of guanidine groups is 1. The van der Waals surface area contributed by atoms with E-state index in [2.05, 4.69) is 41.6 Å². The molecule has 3 rings (SSSR count). The largest absolute Gasteiger partial charge is 0.357 e. The molecule has 1 amide bonds. The van der Waals surface area contributed by atoms with Crippen molar-refractivity contribution in [3.05, 3.63) is 29.8 Å². The molecule has 0 radical (unpaired) electrons. The van der Waals surface area contributed by atoms with Crippen molar-refractivity contribution in [3.63, 3.8) is 0 Å². The van der Waals surface area contributed by atoms with Crippen LogP contribution in [0.1, 0.15) is 51.0 Å². The monoisotopic (exact) mass is 513 g/mol. The lowest BCUT2D eigenvalue weighted by molar-refractivity contribution is -0.117. The van der Waals surface area contributed by atoms with Crippen molar-refractivity contribution < 1.29 is 4.79 Å². The highest BCUT2D eigenvalue weighted by Crippen LogP contribution is 2.22. The molecule has 162 valence electrons. The number of benzene rings is 1. The number of aliphatic imine (C=N–C) groups is 1. The summed E-state index contributed by atoms with van der Waals surface area (Å²) in [6.07, 6.45) is 7.04. The van der Waals surface area contributed by atoms with E-state index >= 15 is 0 Å². The van der Waals surface area contributed by atoms with Crippen molar-refractivity contribution >= 4 is 41.5 Å². The van der Waals surface area contributed by atoms with Gasteiger partial charge in [-0.1, -0.05) is 25.0 Å². The quantitative estimate of drug-likeness (QED) is 0.318. The highest BCUT2D eigenvalue weighted by Gasteiger charge is 2.21. The number of nitrogens with zero attached hydrogens (tertiary/aromatic N) is 3. The van der Waals surface area contributed by atoms with Crippen LogP contribution in [0, 0.1) is 0 Å². The molecule has 2 fully saturated rings. The van der Waals surface area contributed by atoms with Crippen LogP contribution in [0.4, 0.5) is 5.69 Å². The SMILES string of the molecule is CCNC(=NCc1ccc(N2CCCC2=O)cc1)NCCN(C)C1CCCC1.I. The number of carbonyl (C=O) groups is 1. The first kappa shape index (κ1) is 23.9. The fourth-order valence-corrected chi connectivity index (χ4v) is 4.09. The van der Waals surface area contributed by atoms with E-state index in [0.29, 0.717) is 13.0 Å². The summed E-state index contributed by atoms with van der Waals surface area (Å²) in [4.78, 5) is 20.9. The number of carbonyl (C=O) groups excluding carboxylic acids is 1. The molecule has 1 saturated carbocycles. The van der Waals surface area contributed by atoms with E-state index in [9.17, 15) is 4.79 Å². The highest BCUT2D eigenvalue weighted by atomic mass is 127. The molecule has 0 bridgehead atoms. The average molecular weight is 513 g/mol. The van der Waals surface area contributed by atoms with Gasteiger partial charge in [-0.3, -0.25) is 4.79 Å². The van der Waals surface area contributed by atoms with Gasteiger partial charge < -0.3 is 20.4 Å². The van der Waals surface area contributed by atoms with E-state index in [1.54, 1.807) is 0 Å². The van der Waals surface area contributed by atoms with Gasteiger partial charge in [-0.2, -0.15) is 0 Å². The van der Waals surface area contributed by atoms with Crippen LogP contribution in [-0.4, -0.2) is 56.0 Å². The maximum absolute atomic E-state index is 11.9. The summed E-state index contributed by atoms with van der Waals surface area (Å²) >= 11 is 0. The maximum atomic E-state index is 11.9. The second-order valence-corrected chi connectivity index (χ2v) is 7.86. The normalized spacial score (nSPS) is 17.7. The number of likely N-dealkylation sites (N-methyl/N-ethyl adjacent to an activating group) is 1. The first-order valence-corrected chi connectivity index (χ1v) is 10.8. The van der Waals surface area contributed by atoms with Gasteiger partial charge in [-0.15, -0.1) is 24.0 Å². The van der Waals surface area contributed by atoms with Gasteiger partial charge >= 0.3 is 0 Å². The van der Waals surface area contributed by atoms with Gasteiger partial charge in [0.25, 0.3) is 0 Å². The summed E-state index contributed by atoms with van der Waals surface area (Å²) in [5, 5.41) is 6.78. The van der Waals surface area contributed by atoms with Crippen LogP contribution in [0.15, 0.2) is 29.3 Å². The van der Waals surface area contributed by atoms with Gasteiger partial charge in [0.2, 0.25) is 5.91 Å². The molecular formula is C22H36IN5O. The van der Waals surface area contributed by atoms with Crippen molar-refractivity contribution in [2.75, 3.05) is 38.1 Å². The van der Waals surface area contributed by atoms with E-state index in [4.69, 9.17) is 4.99 Å². The van der Waals surface area contributed by atoms with Gasteiger partial charge in [0, 0.05) is 44.3 Å². The molecule has 2 N–H and O–H groups in total. The summed E-state index contributed by atoms with van der Waals surface area (Å²) < 4.78 is 0. The van der Waals surface area contributed by atoms with E-state index in [-0.39, 0.29) is 29.9 Å². The number of anilines is 1. The van der Waals surface area contributed by atoms with E-state index in [1.165, 1.54) is 25.7 Å². The Bertz CT molecular complexity index is 658.